The summed E-state index contributed by atoms with van der Waals surface area (Å²) in [6.07, 6.45) is 0. The molecule has 0 aliphatic heterocycles. The molecule has 0 aromatic heterocycles. The second-order valence-corrected chi connectivity index (χ2v) is 2.64. The molecule has 0 fully saturated rings. The van der Waals surface area contributed by atoms with E-state index in [2.05, 4.69) is 4.74 Å². The van der Waals surface area contributed by atoms with E-state index in [1.165, 1.54) is 24.3 Å². The highest BCUT2D eigenvalue weighted by molar-refractivity contribution is 6.17. The molecule has 0 aliphatic rings. The molecule has 5 heteroatoms. The first kappa shape index (κ1) is 10.5. The van der Waals surface area contributed by atoms with Crippen LogP contribution in [-0.2, 0) is 4.74 Å². The maximum absolute atomic E-state index is 11.1. The first-order valence-electron chi connectivity index (χ1n) is 3.71. The Balaban J connectivity index is 2.83. The minimum absolute atomic E-state index is 0.118. The number of hydrogen-bond acceptors (Lipinski definition) is 3. The van der Waals surface area contributed by atoms with Crippen LogP contribution in [0.4, 0.5) is 0 Å². The van der Waals surface area contributed by atoms with Gasteiger partial charge in [-0.15, -0.1) is 0 Å². The summed E-state index contributed by atoms with van der Waals surface area (Å²) in [6.45, 7) is 0. The first-order valence-corrected chi connectivity index (χ1v) is 4.25. The molecule has 14 heavy (non-hydrogen) atoms. The van der Waals surface area contributed by atoms with E-state index < -0.39 is 11.9 Å². The summed E-state index contributed by atoms with van der Waals surface area (Å²) in [5, 5.41) is 8.58. The van der Waals surface area contributed by atoms with Crippen LogP contribution in [0.1, 0.15) is 20.7 Å². The van der Waals surface area contributed by atoms with Crippen LogP contribution in [0.25, 0.3) is 0 Å². The minimum atomic E-state index is -1.04. The van der Waals surface area contributed by atoms with E-state index in [-0.39, 0.29) is 17.2 Å². The number of carboxylic acid groups (broad SMARTS) is 1. The van der Waals surface area contributed by atoms with Crippen LogP contribution >= 0.6 is 11.6 Å². The van der Waals surface area contributed by atoms with Crippen molar-refractivity contribution >= 4 is 23.5 Å². The second-order valence-electron chi connectivity index (χ2n) is 2.42. The Morgan fingerprint density at radius 1 is 1.21 bits per heavy atom. The van der Waals surface area contributed by atoms with Gasteiger partial charge in [-0.05, 0) is 24.3 Å². The lowest BCUT2D eigenvalue weighted by Gasteiger charge is -2.00. The highest BCUT2D eigenvalue weighted by Crippen LogP contribution is 2.06. The Morgan fingerprint density at radius 3 is 2.14 bits per heavy atom. The number of carbonyl (C=O) groups excluding carboxylic acids is 1. The van der Waals surface area contributed by atoms with Gasteiger partial charge in [-0.2, -0.15) is 0 Å². The maximum atomic E-state index is 11.1. The van der Waals surface area contributed by atoms with Gasteiger partial charge in [0.2, 0.25) is 0 Å². The van der Waals surface area contributed by atoms with Crippen LogP contribution in [0.2, 0.25) is 0 Å². The molecule has 0 aliphatic carbocycles. The Morgan fingerprint density at radius 2 is 1.71 bits per heavy atom. The molecule has 74 valence electrons. The smallest absolute Gasteiger partial charge is 0.339 e. The molecule has 0 saturated heterocycles. The van der Waals surface area contributed by atoms with Crippen molar-refractivity contribution in [3.63, 3.8) is 0 Å². The predicted octanol–water partition coefficient (Wildman–Crippen LogP) is 1.74. The number of rotatable bonds is 3. The lowest BCUT2D eigenvalue weighted by Crippen LogP contribution is -2.04. The van der Waals surface area contributed by atoms with Gasteiger partial charge in [0, 0.05) is 0 Å². The minimum Gasteiger partial charge on any atom is -0.478 e. The lowest BCUT2D eigenvalue weighted by atomic mass is 10.1. The third-order valence-electron chi connectivity index (χ3n) is 1.55. The van der Waals surface area contributed by atoms with Gasteiger partial charge in [-0.25, -0.2) is 9.59 Å². The van der Waals surface area contributed by atoms with Crippen molar-refractivity contribution in [3.05, 3.63) is 35.4 Å². The lowest BCUT2D eigenvalue weighted by molar-refractivity contribution is 0.0572. The van der Waals surface area contributed by atoms with Gasteiger partial charge in [0.25, 0.3) is 0 Å². The van der Waals surface area contributed by atoms with Crippen LogP contribution in [0.5, 0.6) is 0 Å². The largest absolute Gasteiger partial charge is 0.478 e. The molecular weight excluding hydrogens is 208 g/mol. The molecule has 1 rings (SSSR count). The maximum Gasteiger partial charge on any atom is 0.339 e. The number of aromatic carboxylic acids is 1. The molecule has 1 aromatic rings. The third kappa shape index (κ3) is 2.47. The Kier molecular flexibility index (Phi) is 3.48. The van der Waals surface area contributed by atoms with Crippen molar-refractivity contribution in [1.82, 2.24) is 0 Å². The number of carbonyl (C=O) groups is 2. The number of alkyl halides is 1. The number of hydrogen-bond donors (Lipinski definition) is 1. The van der Waals surface area contributed by atoms with Gasteiger partial charge in [0.15, 0.2) is 6.07 Å². The van der Waals surface area contributed by atoms with E-state index in [1.54, 1.807) is 0 Å². The van der Waals surface area contributed by atoms with Crippen molar-refractivity contribution in [2.24, 2.45) is 0 Å². The summed E-state index contributed by atoms with van der Waals surface area (Å²) < 4.78 is 4.51. The van der Waals surface area contributed by atoms with E-state index in [0.717, 1.165) is 0 Å². The fourth-order valence-corrected chi connectivity index (χ4v) is 0.981. The molecule has 1 aromatic carbocycles. The van der Waals surface area contributed by atoms with Crippen LogP contribution in [0, 0.1) is 0 Å². The highest BCUT2D eigenvalue weighted by Gasteiger charge is 2.07. The predicted molar refractivity (Wildman–Crippen MR) is 49.5 cm³/mol. The van der Waals surface area contributed by atoms with Gasteiger partial charge in [0.1, 0.15) is 0 Å². The van der Waals surface area contributed by atoms with Gasteiger partial charge >= 0.3 is 11.9 Å². The summed E-state index contributed by atoms with van der Waals surface area (Å²) >= 11 is 5.19. The molecule has 0 unspecified atom stereocenters. The number of ether oxygens (including phenoxy) is 1. The van der Waals surface area contributed by atoms with Gasteiger partial charge in [-0.1, -0.05) is 11.6 Å². The monoisotopic (exact) mass is 214 g/mol. The zero-order chi connectivity index (χ0) is 10.6. The molecule has 1 N–H and O–H groups in total. The number of carboxylic acids is 1. The SMILES string of the molecule is O=C(O)c1ccc(C(=O)OCCl)cc1. The molecule has 0 spiro atoms. The molecule has 0 heterocycles. The Labute approximate surface area is 85.1 Å². The number of halogens is 1. The zero-order valence-corrected chi connectivity index (χ0v) is 7.82. The van der Waals surface area contributed by atoms with Crippen molar-refractivity contribution in [2.45, 2.75) is 0 Å². The fraction of sp³-hybridized carbons (Fsp3) is 0.111. The standard InChI is InChI=1S/C9H7ClO4/c10-5-14-9(13)7-3-1-6(2-4-7)8(11)12/h1-4H,5H2,(H,11,12). The molecule has 0 amide bonds. The van der Waals surface area contributed by atoms with Gasteiger partial charge < -0.3 is 9.84 Å². The molecule has 0 radical (unpaired) electrons. The van der Waals surface area contributed by atoms with Crippen LogP contribution < -0.4 is 0 Å². The zero-order valence-electron chi connectivity index (χ0n) is 7.07. The van der Waals surface area contributed by atoms with E-state index in [0.29, 0.717) is 0 Å². The van der Waals surface area contributed by atoms with Gasteiger partial charge in [-0.3, -0.25) is 0 Å². The summed E-state index contributed by atoms with van der Waals surface area (Å²) in [7, 11) is 0. The second kappa shape index (κ2) is 4.62. The summed E-state index contributed by atoms with van der Waals surface area (Å²) in [4.78, 5) is 21.5. The highest BCUT2D eigenvalue weighted by atomic mass is 35.5. The van der Waals surface area contributed by atoms with Gasteiger partial charge in [0.05, 0.1) is 11.1 Å². The van der Waals surface area contributed by atoms with Crippen LogP contribution in [-0.4, -0.2) is 23.1 Å². The molecule has 0 atom stereocenters. The molecular formula is C9H7ClO4. The average molecular weight is 215 g/mol. The molecule has 0 saturated carbocycles. The third-order valence-corrected chi connectivity index (χ3v) is 1.66. The Hall–Kier alpha value is -1.55. The summed E-state index contributed by atoms with van der Waals surface area (Å²) in [6, 6.07) is 5.18. The molecule has 0 bridgehead atoms. The number of benzene rings is 1. The van der Waals surface area contributed by atoms with E-state index in [1.807, 2.05) is 0 Å². The van der Waals surface area contributed by atoms with E-state index >= 15 is 0 Å². The van der Waals surface area contributed by atoms with Crippen molar-refractivity contribution < 1.29 is 19.4 Å². The molecule has 4 nitrogen and oxygen atoms in total. The van der Waals surface area contributed by atoms with Crippen molar-refractivity contribution in [2.75, 3.05) is 6.07 Å². The van der Waals surface area contributed by atoms with Crippen LogP contribution in [0.3, 0.4) is 0 Å². The van der Waals surface area contributed by atoms with Crippen molar-refractivity contribution in [1.29, 1.82) is 0 Å². The normalized spacial score (nSPS) is 9.50. The average Bonchev–Trinajstić information content (AvgIpc) is 2.18. The Bertz CT molecular complexity index is 344. The van der Waals surface area contributed by atoms with Crippen molar-refractivity contribution in [3.8, 4) is 0 Å². The topological polar surface area (TPSA) is 63.6 Å². The first-order chi connectivity index (χ1) is 6.65. The fourth-order valence-electron chi connectivity index (χ4n) is 0.882. The quantitative estimate of drug-likeness (QED) is 0.615. The summed E-state index contributed by atoms with van der Waals surface area (Å²) in [5.74, 6) is -1.61. The van der Waals surface area contributed by atoms with E-state index in [9.17, 15) is 9.59 Å². The van der Waals surface area contributed by atoms with Crippen LogP contribution in [0.15, 0.2) is 24.3 Å². The number of esters is 1. The van der Waals surface area contributed by atoms with E-state index in [4.69, 9.17) is 16.7 Å². The summed E-state index contributed by atoms with van der Waals surface area (Å²) in [5.41, 5.74) is 0.392.